The van der Waals surface area contributed by atoms with Crippen molar-refractivity contribution in [2.75, 3.05) is 32.8 Å². The van der Waals surface area contributed by atoms with Gasteiger partial charge >= 0.3 is 11.7 Å². The summed E-state index contributed by atoms with van der Waals surface area (Å²) in [5.41, 5.74) is -0.0725. The second-order valence-corrected chi connectivity index (χ2v) is 4.95. The van der Waals surface area contributed by atoms with E-state index in [1.807, 2.05) is 20.8 Å². The number of nitrogens with zero attached hydrogens (tertiary/aromatic N) is 2. The first-order chi connectivity index (χ1) is 11.0. The highest BCUT2D eigenvalue weighted by atomic mass is 35.5. The van der Waals surface area contributed by atoms with Crippen LogP contribution in [0.2, 0.25) is 0 Å². The summed E-state index contributed by atoms with van der Waals surface area (Å²) < 4.78 is 10.5. The van der Waals surface area contributed by atoms with Crippen LogP contribution in [-0.2, 0) is 4.74 Å². The third-order valence-electron chi connectivity index (χ3n) is 3.39. The fourth-order valence-corrected chi connectivity index (χ4v) is 2.01. The number of carbonyl (C=O) groups excluding carboxylic acids is 1. The molecule has 0 saturated heterocycles. The molecule has 0 aliphatic carbocycles. The Morgan fingerprint density at radius 2 is 1.88 bits per heavy atom. The van der Waals surface area contributed by atoms with Crippen LogP contribution in [0.5, 0.6) is 5.75 Å². The quantitative estimate of drug-likeness (QED) is 0.361. The summed E-state index contributed by atoms with van der Waals surface area (Å²) in [6.45, 7) is 9.00. The van der Waals surface area contributed by atoms with E-state index in [2.05, 4.69) is 4.90 Å². The fraction of sp³-hybridized carbons (Fsp3) is 0.562. The summed E-state index contributed by atoms with van der Waals surface area (Å²) in [4.78, 5) is 24.7. The Labute approximate surface area is 148 Å². The van der Waals surface area contributed by atoms with Gasteiger partial charge in [0, 0.05) is 12.6 Å². The first-order valence-electron chi connectivity index (χ1n) is 7.84. The van der Waals surface area contributed by atoms with Crippen molar-refractivity contribution in [3.05, 3.63) is 33.9 Å². The van der Waals surface area contributed by atoms with Gasteiger partial charge in [0.05, 0.1) is 17.1 Å². The minimum absolute atomic E-state index is 0. The van der Waals surface area contributed by atoms with Gasteiger partial charge < -0.3 is 14.4 Å². The van der Waals surface area contributed by atoms with Crippen molar-refractivity contribution in [3.8, 4) is 5.75 Å². The third kappa shape index (κ3) is 6.72. The van der Waals surface area contributed by atoms with Crippen LogP contribution < -0.4 is 4.74 Å². The maximum Gasteiger partial charge on any atom is 0.338 e. The average Bonchev–Trinajstić information content (AvgIpc) is 2.56. The number of carbonyl (C=O) groups is 1. The molecule has 0 heterocycles. The predicted octanol–water partition coefficient (Wildman–Crippen LogP) is 3.30. The maximum atomic E-state index is 12.0. The molecule has 0 N–H and O–H groups in total. The molecule has 1 aromatic rings. The molecule has 0 atom stereocenters. The van der Waals surface area contributed by atoms with Crippen LogP contribution in [0, 0.1) is 10.1 Å². The number of nitro benzene ring substituents is 1. The van der Waals surface area contributed by atoms with E-state index < -0.39 is 10.9 Å². The van der Waals surface area contributed by atoms with Crippen LogP contribution in [-0.4, -0.2) is 48.6 Å². The molecule has 0 aromatic heterocycles. The standard InChI is InChI=1S/C16H24N2O5.ClH/c1-4-10-22-15-8-7-13(12-14(15)18(20)21)16(19)23-11-9-17(5-2)6-3;/h7-8,12H,4-6,9-11H2,1-3H3;1H. The molecule has 0 fully saturated rings. The van der Waals surface area contributed by atoms with Crippen molar-refractivity contribution >= 4 is 24.1 Å². The lowest BCUT2D eigenvalue weighted by Gasteiger charge is -2.17. The Balaban J connectivity index is 0.00000529. The number of halogens is 1. The first kappa shape index (κ1) is 22.1. The van der Waals surface area contributed by atoms with E-state index in [1.54, 1.807) is 0 Å². The van der Waals surface area contributed by atoms with Gasteiger partial charge in [-0.1, -0.05) is 20.8 Å². The number of benzene rings is 1. The predicted molar refractivity (Wildman–Crippen MR) is 94.2 cm³/mol. The minimum atomic E-state index is -0.567. The van der Waals surface area contributed by atoms with Crippen molar-refractivity contribution < 1.29 is 19.2 Å². The minimum Gasteiger partial charge on any atom is -0.487 e. The van der Waals surface area contributed by atoms with E-state index >= 15 is 0 Å². The van der Waals surface area contributed by atoms with Crippen LogP contribution in [0.3, 0.4) is 0 Å². The highest BCUT2D eigenvalue weighted by Crippen LogP contribution is 2.28. The van der Waals surface area contributed by atoms with E-state index in [0.717, 1.165) is 19.5 Å². The van der Waals surface area contributed by atoms with Gasteiger partial charge in [0.2, 0.25) is 0 Å². The highest BCUT2D eigenvalue weighted by molar-refractivity contribution is 5.90. The maximum absolute atomic E-state index is 12.0. The average molecular weight is 361 g/mol. The molecule has 1 aromatic carbocycles. The van der Waals surface area contributed by atoms with E-state index in [1.165, 1.54) is 18.2 Å². The molecule has 0 radical (unpaired) electrons. The topological polar surface area (TPSA) is 81.9 Å². The first-order valence-corrected chi connectivity index (χ1v) is 7.84. The Hall–Kier alpha value is -1.86. The summed E-state index contributed by atoms with van der Waals surface area (Å²) in [5, 5.41) is 11.1. The zero-order chi connectivity index (χ0) is 17.2. The summed E-state index contributed by atoms with van der Waals surface area (Å²) in [6, 6.07) is 4.12. The summed E-state index contributed by atoms with van der Waals surface area (Å²) >= 11 is 0. The molecule has 0 amide bonds. The SMILES string of the molecule is CCCOc1ccc(C(=O)OCCN(CC)CC)cc1[N+](=O)[O-].Cl. The number of hydrogen-bond acceptors (Lipinski definition) is 6. The summed E-state index contributed by atoms with van der Waals surface area (Å²) in [6.07, 6.45) is 0.742. The second-order valence-electron chi connectivity index (χ2n) is 4.95. The Kier molecular flexibility index (Phi) is 10.7. The molecule has 24 heavy (non-hydrogen) atoms. The van der Waals surface area contributed by atoms with Crippen molar-refractivity contribution in [2.45, 2.75) is 27.2 Å². The molecular formula is C16H25ClN2O5. The van der Waals surface area contributed by atoms with Crippen LogP contribution in [0.25, 0.3) is 0 Å². The number of esters is 1. The molecule has 136 valence electrons. The van der Waals surface area contributed by atoms with Crippen molar-refractivity contribution in [1.82, 2.24) is 4.90 Å². The van der Waals surface area contributed by atoms with Gasteiger partial charge in [-0.15, -0.1) is 12.4 Å². The number of likely N-dealkylation sites (N-methyl/N-ethyl adjacent to an activating group) is 1. The second kappa shape index (κ2) is 11.6. The van der Waals surface area contributed by atoms with E-state index in [-0.39, 0.29) is 36.0 Å². The largest absolute Gasteiger partial charge is 0.487 e. The van der Waals surface area contributed by atoms with Gasteiger partial charge in [0.15, 0.2) is 5.75 Å². The Bertz CT molecular complexity index is 535. The lowest BCUT2D eigenvalue weighted by Crippen LogP contribution is -2.27. The molecule has 1 rings (SSSR count). The smallest absolute Gasteiger partial charge is 0.338 e. The third-order valence-corrected chi connectivity index (χ3v) is 3.39. The van der Waals surface area contributed by atoms with Gasteiger partial charge in [0.25, 0.3) is 0 Å². The Morgan fingerprint density at radius 3 is 2.42 bits per heavy atom. The molecule has 0 aliphatic rings. The van der Waals surface area contributed by atoms with E-state index in [4.69, 9.17) is 9.47 Å². The lowest BCUT2D eigenvalue weighted by molar-refractivity contribution is -0.385. The number of rotatable bonds is 10. The number of hydrogen-bond donors (Lipinski definition) is 0. The van der Waals surface area contributed by atoms with Crippen LogP contribution in [0.4, 0.5) is 5.69 Å². The highest BCUT2D eigenvalue weighted by Gasteiger charge is 2.19. The zero-order valence-electron chi connectivity index (χ0n) is 14.3. The lowest BCUT2D eigenvalue weighted by atomic mass is 10.2. The molecule has 0 bridgehead atoms. The monoisotopic (exact) mass is 360 g/mol. The molecule has 0 spiro atoms. The zero-order valence-corrected chi connectivity index (χ0v) is 15.1. The van der Waals surface area contributed by atoms with Gasteiger partial charge in [-0.3, -0.25) is 10.1 Å². The van der Waals surface area contributed by atoms with E-state index in [0.29, 0.717) is 13.2 Å². The molecule has 7 nitrogen and oxygen atoms in total. The van der Waals surface area contributed by atoms with Crippen LogP contribution >= 0.6 is 12.4 Å². The van der Waals surface area contributed by atoms with Gasteiger partial charge in [-0.25, -0.2) is 4.79 Å². The van der Waals surface area contributed by atoms with Crippen LogP contribution in [0.15, 0.2) is 18.2 Å². The summed E-state index contributed by atoms with van der Waals surface area (Å²) in [7, 11) is 0. The number of ether oxygens (including phenoxy) is 2. The summed E-state index contributed by atoms with van der Waals surface area (Å²) in [5.74, 6) is -0.404. The number of nitro groups is 1. The normalized spacial score (nSPS) is 10.2. The van der Waals surface area contributed by atoms with Crippen molar-refractivity contribution in [2.24, 2.45) is 0 Å². The van der Waals surface area contributed by atoms with Crippen molar-refractivity contribution in [1.29, 1.82) is 0 Å². The van der Waals surface area contributed by atoms with Gasteiger partial charge in [-0.2, -0.15) is 0 Å². The van der Waals surface area contributed by atoms with Gasteiger partial charge in [-0.05, 0) is 31.6 Å². The van der Waals surface area contributed by atoms with Gasteiger partial charge in [0.1, 0.15) is 6.61 Å². The molecule has 0 saturated carbocycles. The molecule has 0 aliphatic heterocycles. The van der Waals surface area contributed by atoms with Crippen LogP contribution in [0.1, 0.15) is 37.6 Å². The Morgan fingerprint density at radius 1 is 1.21 bits per heavy atom. The van der Waals surface area contributed by atoms with Crippen molar-refractivity contribution in [3.63, 3.8) is 0 Å². The van der Waals surface area contributed by atoms with E-state index in [9.17, 15) is 14.9 Å². The molecular weight excluding hydrogens is 336 g/mol. The fourth-order valence-electron chi connectivity index (χ4n) is 2.01. The molecule has 0 unspecified atom stereocenters. The molecule has 8 heteroatoms.